The maximum Gasteiger partial charge on any atom is 0.573 e. The van der Waals surface area contributed by atoms with Crippen LogP contribution < -0.4 is 9.46 Å². The van der Waals surface area contributed by atoms with Crippen molar-refractivity contribution in [2.75, 3.05) is 7.11 Å². The molecule has 0 saturated carbocycles. The molecule has 2 aromatic carbocycles. The molecule has 2 heterocycles. The van der Waals surface area contributed by atoms with Crippen LogP contribution in [0.5, 0.6) is 5.75 Å². The molecule has 0 amide bonds. The number of methoxy groups -OCH3 is 1. The molecule has 0 spiro atoms. The molecule has 0 unspecified atom stereocenters. The number of nitrogens with zero attached hydrogens (tertiary/aromatic N) is 5. The Morgan fingerprint density at radius 1 is 1.15 bits per heavy atom. The predicted molar refractivity (Wildman–Crippen MR) is 143 cm³/mol. The molecular formula is C25H29F3N6O6S. The van der Waals surface area contributed by atoms with Gasteiger partial charge in [0.05, 0.1) is 18.6 Å². The lowest BCUT2D eigenvalue weighted by atomic mass is 10.1. The summed E-state index contributed by atoms with van der Waals surface area (Å²) in [5.41, 5.74) is 1.05. The van der Waals surface area contributed by atoms with E-state index < -0.39 is 29.1 Å². The quantitative estimate of drug-likeness (QED) is 0.203. The molecule has 222 valence electrons. The minimum Gasteiger partial charge on any atom is -0.468 e. The molecule has 2 aromatic heterocycles. The first-order valence-electron chi connectivity index (χ1n) is 12.1. The van der Waals surface area contributed by atoms with Gasteiger partial charge in [-0.3, -0.25) is 13.9 Å². The van der Waals surface area contributed by atoms with Gasteiger partial charge in [-0.15, -0.1) is 29.0 Å². The Bertz CT molecular complexity index is 1510. The number of hydrogen-bond donors (Lipinski definition) is 3. The minimum atomic E-state index is -4.80. The van der Waals surface area contributed by atoms with E-state index in [1.807, 2.05) is 0 Å². The Balaban J connectivity index is 0.00000484. The normalized spacial score (nSPS) is 13.3. The van der Waals surface area contributed by atoms with E-state index in [0.29, 0.717) is 17.0 Å². The Hall–Kier alpha value is -3.99. The smallest absolute Gasteiger partial charge is 0.468 e. The number of halogens is 3. The molecule has 1 atom stereocenters. The molecule has 0 radical (unpaired) electrons. The fourth-order valence-electron chi connectivity index (χ4n) is 3.72. The van der Waals surface area contributed by atoms with Crippen molar-refractivity contribution in [3.05, 3.63) is 59.9 Å². The van der Waals surface area contributed by atoms with Gasteiger partial charge in [-0.2, -0.15) is 4.98 Å². The van der Waals surface area contributed by atoms with Crippen LogP contribution in [0.4, 0.5) is 13.2 Å². The Labute approximate surface area is 235 Å². The molecule has 4 aromatic rings. The van der Waals surface area contributed by atoms with E-state index in [9.17, 15) is 27.1 Å². The summed E-state index contributed by atoms with van der Waals surface area (Å²) in [7, 11) is -2.32. The lowest BCUT2D eigenvalue weighted by Gasteiger charge is -2.37. The van der Waals surface area contributed by atoms with Gasteiger partial charge in [0.2, 0.25) is 11.6 Å². The zero-order valence-corrected chi connectivity index (χ0v) is 23.1. The van der Waals surface area contributed by atoms with Gasteiger partial charge < -0.3 is 14.0 Å². The number of aromatic nitrogens is 5. The highest BCUT2D eigenvalue weighted by molar-refractivity contribution is 8.22. The number of carbonyl (C=O) groups is 1. The van der Waals surface area contributed by atoms with E-state index in [0.717, 1.165) is 12.1 Å². The van der Waals surface area contributed by atoms with Gasteiger partial charge in [0.15, 0.2) is 0 Å². The maximum absolute atomic E-state index is 12.4. The predicted octanol–water partition coefficient (Wildman–Crippen LogP) is 5.31. The van der Waals surface area contributed by atoms with Crippen LogP contribution in [0.1, 0.15) is 26.7 Å². The summed E-state index contributed by atoms with van der Waals surface area (Å²) in [6, 6.07) is 10.6. The topological polar surface area (TPSA) is 158 Å². The number of alkyl halides is 3. The molecule has 0 fully saturated rings. The van der Waals surface area contributed by atoms with Crippen LogP contribution in [0.2, 0.25) is 0 Å². The zero-order chi connectivity index (χ0) is 29.9. The average molecular weight is 599 g/mol. The van der Waals surface area contributed by atoms with Crippen molar-refractivity contribution in [2.45, 2.75) is 44.6 Å². The van der Waals surface area contributed by atoms with Crippen LogP contribution in [0.3, 0.4) is 0 Å². The number of nitrogens with one attached hydrogen (secondary N) is 1. The van der Waals surface area contributed by atoms with Crippen molar-refractivity contribution in [1.82, 2.24) is 29.6 Å². The third-order valence-electron chi connectivity index (χ3n) is 5.79. The van der Waals surface area contributed by atoms with Crippen molar-refractivity contribution in [2.24, 2.45) is 5.92 Å². The van der Waals surface area contributed by atoms with E-state index in [4.69, 9.17) is 9.26 Å². The molecule has 41 heavy (non-hydrogen) atoms. The van der Waals surface area contributed by atoms with Gasteiger partial charge in [0.1, 0.15) is 17.6 Å². The molecule has 4 rings (SSSR count). The molecule has 16 heteroatoms. The fraction of sp³-hybridized carbons (Fsp3) is 0.320. The van der Waals surface area contributed by atoms with Gasteiger partial charge >= 0.3 is 12.3 Å². The molecule has 0 saturated heterocycles. The molecule has 3 N–H and O–H groups in total. The average Bonchev–Trinajstić information content (AvgIpc) is 3.54. The fourth-order valence-corrected chi connectivity index (χ4v) is 5.16. The number of ether oxygens (including phenoxy) is 2. The van der Waals surface area contributed by atoms with E-state index in [1.54, 1.807) is 43.7 Å². The second-order valence-electron chi connectivity index (χ2n) is 9.19. The second-order valence-corrected chi connectivity index (χ2v) is 11.0. The van der Waals surface area contributed by atoms with Gasteiger partial charge in [-0.25, -0.2) is 14.4 Å². The van der Waals surface area contributed by atoms with Crippen molar-refractivity contribution in [3.8, 4) is 28.9 Å². The molecular weight excluding hydrogens is 569 g/mol. The van der Waals surface area contributed by atoms with Crippen LogP contribution in [0, 0.1) is 12.8 Å². The van der Waals surface area contributed by atoms with E-state index in [1.165, 1.54) is 25.3 Å². The maximum atomic E-state index is 12.4. The summed E-state index contributed by atoms with van der Waals surface area (Å²) in [6.07, 6.45) is -4.80. The number of hydrogen-bond acceptors (Lipinski definition) is 11. The number of rotatable bonds is 10. The van der Waals surface area contributed by atoms with Gasteiger partial charge in [0, 0.05) is 6.99 Å². The summed E-state index contributed by atoms with van der Waals surface area (Å²) in [5, 5.41) is 8.26. The summed E-state index contributed by atoms with van der Waals surface area (Å²) in [4.78, 5) is 20.9. The van der Waals surface area contributed by atoms with Crippen LogP contribution >= 0.6 is 10.8 Å². The highest BCUT2D eigenvalue weighted by Crippen LogP contribution is 2.45. The van der Waals surface area contributed by atoms with Crippen LogP contribution in [-0.4, -0.2) is 59.5 Å². The van der Waals surface area contributed by atoms with Crippen molar-refractivity contribution >= 4 is 16.7 Å². The van der Waals surface area contributed by atoms with Crippen LogP contribution in [0.25, 0.3) is 23.1 Å². The van der Waals surface area contributed by atoms with Crippen LogP contribution in [-0.2, 0) is 16.1 Å². The van der Waals surface area contributed by atoms with Gasteiger partial charge in [-0.05, 0) is 54.8 Å². The Morgan fingerprint density at radius 3 is 2.49 bits per heavy atom. The number of esters is 1. The monoisotopic (exact) mass is 598 g/mol. The number of carbonyl (C=O) groups excluding carboxylic acids is 1. The molecule has 12 nitrogen and oxygen atoms in total. The SMILES string of the molecule is COC(=O)[C@@H](NS(O)(O)c1cccc(Cn2nc(-c3nc(-c4ccc(OC(F)(F)F)cc4)no3)nc2C)c1)C(C)C.[HH]. The summed E-state index contributed by atoms with van der Waals surface area (Å²) < 4.78 is 76.9. The molecule has 0 aliphatic heterocycles. The lowest BCUT2D eigenvalue weighted by molar-refractivity contribution is -0.274. The minimum absolute atomic E-state index is 0. The van der Waals surface area contributed by atoms with Crippen molar-refractivity contribution in [3.63, 3.8) is 0 Å². The summed E-state index contributed by atoms with van der Waals surface area (Å²) >= 11 is 0. The summed E-state index contributed by atoms with van der Waals surface area (Å²) in [6.45, 7) is 5.41. The highest BCUT2D eigenvalue weighted by Gasteiger charge is 2.31. The highest BCUT2D eigenvalue weighted by atomic mass is 32.3. The van der Waals surface area contributed by atoms with Crippen LogP contribution in [0.15, 0.2) is 57.9 Å². The zero-order valence-electron chi connectivity index (χ0n) is 22.3. The Morgan fingerprint density at radius 2 is 1.85 bits per heavy atom. The first kappa shape index (κ1) is 30.0. The largest absolute Gasteiger partial charge is 0.573 e. The van der Waals surface area contributed by atoms with Crippen molar-refractivity contribution < 1.29 is 42.5 Å². The van der Waals surface area contributed by atoms with E-state index >= 15 is 0 Å². The summed E-state index contributed by atoms with van der Waals surface area (Å²) in [5.74, 6) is -0.533. The third-order valence-corrected chi connectivity index (χ3v) is 7.29. The molecule has 0 bridgehead atoms. The molecule has 0 aliphatic carbocycles. The lowest BCUT2D eigenvalue weighted by Crippen LogP contribution is -2.43. The number of benzene rings is 2. The first-order valence-corrected chi connectivity index (χ1v) is 13.6. The van der Waals surface area contributed by atoms with E-state index in [2.05, 4.69) is 29.7 Å². The van der Waals surface area contributed by atoms with E-state index in [-0.39, 0.29) is 42.1 Å². The molecule has 0 aliphatic rings. The van der Waals surface area contributed by atoms with Crippen molar-refractivity contribution in [1.29, 1.82) is 0 Å². The van der Waals surface area contributed by atoms with Gasteiger partial charge in [-0.1, -0.05) is 31.1 Å². The Kier molecular flexibility index (Phi) is 8.67. The second kappa shape index (κ2) is 11.9. The first-order chi connectivity index (χ1) is 19.3. The standard InChI is InChI=1S/C25H27F3N6O6S.H2/c1-14(2)20(24(35)38-4)33-41(36,37)19-7-5-6-16(12-19)13-34-15(3)29-22(31-34)23-30-21(32-40-23)17-8-10-18(11-9-17)39-25(26,27)28;/h5-12,14,20,33,36-37H,13H2,1-4H3;1H/t20-;/m0./s1. The third kappa shape index (κ3) is 7.40. The number of aryl methyl sites for hydroxylation is 1. The van der Waals surface area contributed by atoms with Gasteiger partial charge in [0.25, 0.3) is 5.89 Å².